The van der Waals surface area contributed by atoms with Crippen LogP contribution in [0.3, 0.4) is 0 Å². The summed E-state index contributed by atoms with van der Waals surface area (Å²) in [5.41, 5.74) is 10.4. The Kier molecular flexibility index (Phi) is 13.8. The number of nitrogens with one attached hydrogen (secondary N) is 3. The lowest BCUT2D eigenvalue weighted by Gasteiger charge is -2.32. The second-order valence-corrected chi connectivity index (χ2v) is 17.9. The van der Waals surface area contributed by atoms with Crippen LogP contribution in [0, 0.1) is 13.8 Å². The summed E-state index contributed by atoms with van der Waals surface area (Å²) in [6.45, 7) is 11.8. The lowest BCUT2D eigenvalue weighted by Crippen LogP contribution is -2.43. The highest BCUT2D eigenvalue weighted by atomic mass is 32.1. The first kappa shape index (κ1) is 42.4. The third-order valence-corrected chi connectivity index (χ3v) is 13.8. The van der Waals surface area contributed by atoms with Gasteiger partial charge in [-0.25, -0.2) is 0 Å². The van der Waals surface area contributed by atoms with E-state index in [-0.39, 0.29) is 22.9 Å². The van der Waals surface area contributed by atoms with E-state index in [1.165, 1.54) is 26.4 Å². The van der Waals surface area contributed by atoms with E-state index in [1.807, 2.05) is 77.5 Å². The van der Waals surface area contributed by atoms with Gasteiger partial charge in [0.2, 0.25) is 0 Å². The van der Waals surface area contributed by atoms with Crippen molar-refractivity contribution in [3.05, 3.63) is 114 Å². The standard InChI is InChI=1S/C26H30N4O2S2.C19H26N4O2/c1-17-3-4-20-21(26(32)27-2)15-25(31)30(22(20)13-17)11-10-29-8-5-18(6-9-29)28-16-19-14-24-23(34-19)7-12-33-24;1-13-3-4-15-16(19(25)21-2)12-18(24)23(17(15)11-13)10-9-22-7-5-14(20)6-8-22/h3-4,7,12-15,18,28H,5-6,8-11,16H2,1-2H3,(H,27,32);3-4,11-12,14H,5-10,20H2,1-2H3,(H,21,25). The SMILES string of the molecule is CNC(=O)c1cc(=O)n(CCN2CCC(N)CC2)c2cc(C)ccc12.CNC(=O)c1cc(=O)n(CCN2CCC(NCc3cc4sccc4s3)CC2)c2cc(C)ccc12. The van der Waals surface area contributed by atoms with E-state index >= 15 is 0 Å². The van der Waals surface area contributed by atoms with E-state index in [1.54, 1.807) is 18.7 Å². The van der Waals surface area contributed by atoms with Crippen LogP contribution in [-0.2, 0) is 19.6 Å². The van der Waals surface area contributed by atoms with Crippen LogP contribution in [0.25, 0.3) is 31.2 Å². The summed E-state index contributed by atoms with van der Waals surface area (Å²) in [5.74, 6) is -0.460. The number of carbonyl (C=O) groups excluding carboxylic acids is 2. The second-order valence-electron chi connectivity index (χ2n) is 15.8. The number of rotatable bonds is 11. The Bertz CT molecular complexity index is 2530. The Morgan fingerprint density at radius 2 is 1.19 bits per heavy atom. The molecule has 2 fully saturated rings. The van der Waals surface area contributed by atoms with Gasteiger partial charge >= 0.3 is 0 Å². The number of hydrogen-bond donors (Lipinski definition) is 4. The van der Waals surface area contributed by atoms with E-state index < -0.39 is 0 Å². The Morgan fingerprint density at radius 1 is 0.678 bits per heavy atom. The number of nitrogens with two attached hydrogens (primary N) is 1. The van der Waals surface area contributed by atoms with Gasteiger partial charge < -0.3 is 40.6 Å². The molecule has 0 unspecified atom stereocenters. The predicted octanol–water partition coefficient (Wildman–Crippen LogP) is 5.29. The van der Waals surface area contributed by atoms with Gasteiger partial charge in [0.25, 0.3) is 22.9 Å². The van der Waals surface area contributed by atoms with Gasteiger partial charge in [0.15, 0.2) is 0 Å². The number of likely N-dealkylation sites (tertiary alicyclic amines) is 2. The number of fused-ring (bicyclic) bond motifs is 3. The number of carbonyl (C=O) groups is 2. The summed E-state index contributed by atoms with van der Waals surface area (Å²) in [7, 11) is 3.17. The van der Waals surface area contributed by atoms with E-state index in [0.717, 1.165) is 104 Å². The van der Waals surface area contributed by atoms with Crippen molar-refractivity contribution in [3.8, 4) is 0 Å². The van der Waals surface area contributed by atoms with Gasteiger partial charge in [0, 0.05) is 96.1 Å². The summed E-state index contributed by atoms with van der Waals surface area (Å²) in [6, 6.07) is 20.1. The van der Waals surface area contributed by atoms with Crippen molar-refractivity contribution in [2.75, 3.05) is 53.4 Å². The van der Waals surface area contributed by atoms with Crippen molar-refractivity contribution < 1.29 is 9.59 Å². The van der Waals surface area contributed by atoms with Crippen LogP contribution < -0.4 is 32.8 Å². The number of thiophene rings is 2. The molecule has 14 heteroatoms. The van der Waals surface area contributed by atoms with Crippen molar-refractivity contribution in [2.24, 2.45) is 5.73 Å². The molecule has 0 saturated carbocycles. The topological polar surface area (TPSA) is 147 Å². The fourth-order valence-corrected chi connectivity index (χ4v) is 10.3. The number of aryl methyl sites for hydroxylation is 2. The smallest absolute Gasteiger partial charge is 0.251 e. The molecule has 0 atom stereocenters. The van der Waals surface area contributed by atoms with Gasteiger partial charge in [-0.2, -0.15) is 0 Å². The lowest BCUT2D eigenvalue weighted by molar-refractivity contribution is 0.0956. The zero-order chi connectivity index (χ0) is 41.6. The maximum Gasteiger partial charge on any atom is 0.251 e. The molecule has 0 radical (unpaired) electrons. The maximum atomic E-state index is 12.9. The molecule has 312 valence electrons. The van der Waals surface area contributed by atoms with E-state index in [0.29, 0.717) is 36.3 Å². The van der Waals surface area contributed by atoms with Crippen molar-refractivity contribution >= 4 is 65.7 Å². The number of benzene rings is 2. The van der Waals surface area contributed by atoms with Crippen LogP contribution in [0.4, 0.5) is 0 Å². The molecule has 6 heterocycles. The van der Waals surface area contributed by atoms with Crippen LogP contribution in [0.15, 0.2) is 75.6 Å². The highest BCUT2D eigenvalue weighted by molar-refractivity contribution is 7.26. The van der Waals surface area contributed by atoms with E-state index in [9.17, 15) is 19.2 Å². The molecule has 2 saturated heterocycles. The molecule has 5 N–H and O–H groups in total. The Hall–Kier alpha value is -4.70. The molecular formula is C45H56N8O4S2. The van der Waals surface area contributed by atoms with Gasteiger partial charge in [-0.3, -0.25) is 19.2 Å². The number of aromatic nitrogens is 2. The third-order valence-electron chi connectivity index (χ3n) is 11.7. The highest BCUT2D eigenvalue weighted by Crippen LogP contribution is 2.30. The van der Waals surface area contributed by atoms with Crippen LogP contribution >= 0.6 is 22.7 Å². The third kappa shape index (κ3) is 10.0. The summed E-state index contributed by atoms with van der Waals surface area (Å²) < 4.78 is 6.38. The highest BCUT2D eigenvalue weighted by Gasteiger charge is 2.21. The maximum absolute atomic E-state index is 12.9. The number of nitrogens with zero attached hydrogens (tertiary/aromatic N) is 4. The quantitative estimate of drug-likeness (QED) is 0.138. The number of piperidine rings is 2. The number of amides is 2. The zero-order valence-corrected chi connectivity index (χ0v) is 36.1. The molecule has 59 heavy (non-hydrogen) atoms. The minimum absolute atomic E-state index is 0.121. The fraction of sp³-hybridized carbons (Fsp3) is 0.422. The summed E-state index contributed by atoms with van der Waals surface area (Å²) >= 11 is 3.70. The lowest BCUT2D eigenvalue weighted by atomic mass is 10.0. The first-order chi connectivity index (χ1) is 28.5. The molecule has 2 aromatic carbocycles. The normalized spacial score (nSPS) is 15.7. The minimum atomic E-state index is -0.233. The van der Waals surface area contributed by atoms with Gasteiger partial charge in [0.05, 0.1) is 22.2 Å². The van der Waals surface area contributed by atoms with E-state index in [4.69, 9.17) is 5.73 Å². The number of hydrogen-bond acceptors (Lipinski definition) is 10. The van der Waals surface area contributed by atoms with Crippen LogP contribution in [0.1, 0.15) is 62.4 Å². The van der Waals surface area contributed by atoms with Gasteiger partial charge in [-0.05, 0) is 106 Å². The van der Waals surface area contributed by atoms with Crippen LogP contribution in [-0.4, -0.2) is 96.2 Å². The second kappa shape index (κ2) is 19.1. The minimum Gasteiger partial charge on any atom is -0.355 e. The Labute approximate surface area is 353 Å². The molecular weight excluding hydrogens is 781 g/mol. The molecule has 6 aromatic rings. The Balaban J connectivity index is 0.000000188. The molecule has 2 aliphatic heterocycles. The van der Waals surface area contributed by atoms with Crippen LogP contribution in [0.2, 0.25) is 0 Å². The van der Waals surface area contributed by atoms with Gasteiger partial charge in [0.1, 0.15) is 0 Å². The molecule has 4 aromatic heterocycles. The predicted molar refractivity (Wildman–Crippen MR) is 242 cm³/mol. The molecule has 0 bridgehead atoms. The van der Waals surface area contributed by atoms with Crippen molar-refractivity contribution in [1.82, 2.24) is 34.9 Å². The molecule has 12 nitrogen and oxygen atoms in total. The molecule has 0 aliphatic carbocycles. The van der Waals surface area contributed by atoms with Crippen LogP contribution in [0.5, 0.6) is 0 Å². The van der Waals surface area contributed by atoms with Crippen molar-refractivity contribution in [2.45, 2.75) is 71.2 Å². The molecule has 8 rings (SSSR count). The monoisotopic (exact) mass is 836 g/mol. The number of pyridine rings is 2. The summed E-state index contributed by atoms with van der Waals surface area (Å²) in [6.07, 6.45) is 4.24. The first-order valence-electron chi connectivity index (χ1n) is 20.6. The van der Waals surface area contributed by atoms with Gasteiger partial charge in [-0.15, -0.1) is 22.7 Å². The first-order valence-corrected chi connectivity index (χ1v) is 22.3. The average Bonchev–Trinajstić information content (AvgIpc) is 3.85. The van der Waals surface area contributed by atoms with Gasteiger partial charge in [-0.1, -0.05) is 24.3 Å². The zero-order valence-electron chi connectivity index (χ0n) is 34.5. The molecule has 2 amide bonds. The van der Waals surface area contributed by atoms with Crippen molar-refractivity contribution in [3.63, 3.8) is 0 Å². The molecule has 2 aliphatic rings. The van der Waals surface area contributed by atoms with E-state index in [2.05, 4.69) is 43.3 Å². The fourth-order valence-electron chi connectivity index (χ4n) is 8.26. The average molecular weight is 837 g/mol. The molecule has 0 spiro atoms. The summed E-state index contributed by atoms with van der Waals surface area (Å²) in [4.78, 5) is 56.2. The Morgan fingerprint density at radius 3 is 1.68 bits per heavy atom. The van der Waals surface area contributed by atoms with Crippen molar-refractivity contribution in [1.29, 1.82) is 0 Å². The summed E-state index contributed by atoms with van der Waals surface area (Å²) in [5, 5.41) is 12.8. The largest absolute Gasteiger partial charge is 0.355 e.